The van der Waals surface area contributed by atoms with Crippen molar-refractivity contribution in [2.75, 3.05) is 11.9 Å². The summed E-state index contributed by atoms with van der Waals surface area (Å²) in [5.74, 6) is 0.699. The van der Waals surface area contributed by atoms with Gasteiger partial charge in [0, 0.05) is 5.02 Å². The minimum absolute atomic E-state index is 0.145. The highest BCUT2D eigenvalue weighted by molar-refractivity contribution is 6.36. The SMILES string of the molecule is CC1CNc2cc(Cl)cc(Cl)c2O1. The van der Waals surface area contributed by atoms with Crippen molar-refractivity contribution < 1.29 is 4.74 Å². The van der Waals surface area contributed by atoms with E-state index in [1.165, 1.54) is 0 Å². The van der Waals surface area contributed by atoms with Crippen molar-refractivity contribution in [2.45, 2.75) is 13.0 Å². The minimum Gasteiger partial charge on any atom is -0.485 e. The van der Waals surface area contributed by atoms with Gasteiger partial charge in [0.2, 0.25) is 0 Å². The van der Waals surface area contributed by atoms with E-state index in [1.807, 2.05) is 13.0 Å². The predicted molar refractivity (Wildman–Crippen MR) is 55.0 cm³/mol. The van der Waals surface area contributed by atoms with Crippen molar-refractivity contribution in [3.63, 3.8) is 0 Å². The molecular weight excluding hydrogens is 209 g/mol. The molecule has 0 aliphatic carbocycles. The summed E-state index contributed by atoms with van der Waals surface area (Å²) >= 11 is 11.8. The van der Waals surface area contributed by atoms with Crippen molar-refractivity contribution in [3.05, 3.63) is 22.2 Å². The van der Waals surface area contributed by atoms with Crippen LogP contribution in [-0.2, 0) is 0 Å². The summed E-state index contributed by atoms with van der Waals surface area (Å²) < 4.78 is 5.56. The number of anilines is 1. The van der Waals surface area contributed by atoms with Crippen LogP contribution >= 0.6 is 23.2 Å². The Hall–Kier alpha value is -0.600. The lowest BCUT2D eigenvalue weighted by Crippen LogP contribution is -2.27. The monoisotopic (exact) mass is 217 g/mol. The van der Waals surface area contributed by atoms with Gasteiger partial charge in [-0.05, 0) is 19.1 Å². The molecule has 0 saturated carbocycles. The molecule has 0 radical (unpaired) electrons. The third-order valence-corrected chi connectivity index (χ3v) is 2.41. The quantitative estimate of drug-likeness (QED) is 0.721. The van der Waals surface area contributed by atoms with Crippen LogP contribution in [0.2, 0.25) is 10.0 Å². The van der Waals surface area contributed by atoms with Crippen LogP contribution < -0.4 is 10.1 Å². The average molecular weight is 218 g/mol. The zero-order valence-corrected chi connectivity index (χ0v) is 8.62. The van der Waals surface area contributed by atoms with Gasteiger partial charge < -0.3 is 10.1 Å². The van der Waals surface area contributed by atoms with E-state index in [1.54, 1.807) is 6.07 Å². The predicted octanol–water partition coefficient (Wildman–Crippen LogP) is 3.19. The van der Waals surface area contributed by atoms with Crippen LogP contribution in [0.4, 0.5) is 5.69 Å². The maximum atomic E-state index is 5.96. The fourth-order valence-corrected chi connectivity index (χ4v) is 1.85. The normalized spacial score (nSPS) is 20.1. The molecule has 1 aromatic carbocycles. The Labute approximate surface area is 86.8 Å². The smallest absolute Gasteiger partial charge is 0.161 e. The first-order valence-corrected chi connectivity index (χ1v) is 4.82. The molecule has 1 unspecified atom stereocenters. The number of rotatable bonds is 0. The lowest BCUT2D eigenvalue weighted by molar-refractivity contribution is 0.226. The van der Waals surface area contributed by atoms with Gasteiger partial charge in [0.05, 0.1) is 17.3 Å². The highest BCUT2D eigenvalue weighted by Gasteiger charge is 2.18. The highest BCUT2D eigenvalue weighted by atomic mass is 35.5. The van der Waals surface area contributed by atoms with Crippen LogP contribution in [0.25, 0.3) is 0 Å². The summed E-state index contributed by atoms with van der Waals surface area (Å²) in [6.45, 7) is 2.77. The van der Waals surface area contributed by atoms with Crippen molar-refractivity contribution in [2.24, 2.45) is 0 Å². The van der Waals surface area contributed by atoms with Gasteiger partial charge in [0.25, 0.3) is 0 Å². The topological polar surface area (TPSA) is 21.3 Å². The Kier molecular flexibility index (Phi) is 2.26. The summed E-state index contributed by atoms with van der Waals surface area (Å²) in [6.07, 6.45) is 0.145. The van der Waals surface area contributed by atoms with Crippen LogP contribution in [0.15, 0.2) is 12.1 Å². The molecule has 1 N–H and O–H groups in total. The zero-order chi connectivity index (χ0) is 9.42. The van der Waals surface area contributed by atoms with Gasteiger partial charge in [-0.25, -0.2) is 0 Å². The van der Waals surface area contributed by atoms with Crippen LogP contribution in [0.1, 0.15) is 6.92 Å². The molecular formula is C9H9Cl2NO. The van der Waals surface area contributed by atoms with Crippen LogP contribution in [-0.4, -0.2) is 12.6 Å². The largest absolute Gasteiger partial charge is 0.485 e. The third kappa shape index (κ3) is 1.69. The number of hydrogen-bond donors (Lipinski definition) is 1. The molecule has 4 heteroatoms. The van der Waals surface area contributed by atoms with E-state index in [9.17, 15) is 0 Å². The second-order valence-electron chi connectivity index (χ2n) is 3.07. The molecule has 1 heterocycles. The van der Waals surface area contributed by atoms with E-state index in [-0.39, 0.29) is 6.10 Å². The summed E-state index contributed by atoms with van der Waals surface area (Å²) in [6, 6.07) is 3.50. The van der Waals surface area contributed by atoms with E-state index < -0.39 is 0 Å². The molecule has 0 spiro atoms. The summed E-state index contributed by atoms with van der Waals surface area (Å²) in [5, 5.41) is 4.38. The summed E-state index contributed by atoms with van der Waals surface area (Å²) in [4.78, 5) is 0. The fraction of sp³-hybridized carbons (Fsp3) is 0.333. The first-order chi connectivity index (χ1) is 6.16. The molecule has 1 aliphatic rings. The van der Waals surface area contributed by atoms with Crippen molar-refractivity contribution >= 4 is 28.9 Å². The highest BCUT2D eigenvalue weighted by Crippen LogP contribution is 2.38. The van der Waals surface area contributed by atoms with Gasteiger partial charge in [-0.15, -0.1) is 0 Å². The molecule has 2 nitrogen and oxygen atoms in total. The molecule has 0 aromatic heterocycles. The van der Waals surface area contributed by atoms with Gasteiger partial charge >= 0.3 is 0 Å². The molecule has 1 aliphatic heterocycles. The Bertz CT molecular complexity index is 341. The second kappa shape index (κ2) is 3.28. The lowest BCUT2D eigenvalue weighted by Gasteiger charge is -2.25. The first kappa shape index (κ1) is 8.97. The standard InChI is InChI=1S/C9H9Cl2NO/c1-5-4-12-8-3-6(10)2-7(11)9(8)13-5/h2-3,5,12H,4H2,1H3. The Morgan fingerprint density at radius 2 is 2.23 bits per heavy atom. The fourth-order valence-electron chi connectivity index (χ4n) is 1.31. The van der Waals surface area contributed by atoms with E-state index >= 15 is 0 Å². The number of halogens is 2. The van der Waals surface area contributed by atoms with E-state index in [2.05, 4.69) is 5.32 Å². The number of hydrogen-bond acceptors (Lipinski definition) is 2. The number of benzene rings is 1. The molecule has 13 heavy (non-hydrogen) atoms. The van der Waals surface area contributed by atoms with Crippen molar-refractivity contribution in [1.82, 2.24) is 0 Å². The van der Waals surface area contributed by atoms with E-state index in [0.29, 0.717) is 15.8 Å². The van der Waals surface area contributed by atoms with Gasteiger partial charge in [-0.2, -0.15) is 0 Å². The van der Waals surface area contributed by atoms with Crippen LogP contribution in [0.3, 0.4) is 0 Å². The molecule has 0 bridgehead atoms. The lowest BCUT2D eigenvalue weighted by atomic mass is 10.2. The van der Waals surface area contributed by atoms with E-state index in [0.717, 1.165) is 12.2 Å². The van der Waals surface area contributed by atoms with Crippen LogP contribution in [0, 0.1) is 0 Å². The van der Waals surface area contributed by atoms with Crippen molar-refractivity contribution in [3.8, 4) is 5.75 Å². The molecule has 0 fully saturated rings. The minimum atomic E-state index is 0.145. The molecule has 2 rings (SSSR count). The van der Waals surface area contributed by atoms with E-state index in [4.69, 9.17) is 27.9 Å². The molecule has 0 saturated heterocycles. The Morgan fingerprint density at radius 1 is 1.46 bits per heavy atom. The molecule has 0 amide bonds. The van der Waals surface area contributed by atoms with Crippen molar-refractivity contribution in [1.29, 1.82) is 0 Å². The summed E-state index contributed by atoms with van der Waals surface area (Å²) in [5.41, 5.74) is 0.871. The Morgan fingerprint density at radius 3 is 3.00 bits per heavy atom. The number of nitrogens with one attached hydrogen (secondary N) is 1. The Balaban J connectivity index is 2.47. The molecule has 1 atom stereocenters. The van der Waals surface area contributed by atoms with Gasteiger partial charge in [-0.1, -0.05) is 23.2 Å². The molecule has 70 valence electrons. The zero-order valence-electron chi connectivity index (χ0n) is 7.10. The second-order valence-corrected chi connectivity index (χ2v) is 3.92. The first-order valence-electron chi connectivity index (χ1n) is 4.06. The maximum absolute atomic E-state index is 5.96. The maximum Gasteiger partial charge on any atom is 0.161 e. The molecule has 1 aromatic rings. The van der Waals surface area contributed by atoms with Gasteiger partial charge in [0.1, 0.15) is 6.10 Å². The third-order valence-electron chi connectivity index (χ3n) is 1.91. The number of fused-ring (bicyclic) bond motifs is 1. The van der Waals surface area contributed by atoms with Crippen LogP contribution in [0.5, 0.6) is 5.75 Å². The average Bonchev–Trinajstić information content (AvgIpc) is 2.06. The summed E-state index contributed by atoms with van der Waals surface area (Å²) in [7, 11) is 0. The number of ether oxygens (including phenoxy) is 1. The van der Waals surface area contributed by atoms with Gasteiger partial charge in [0.15, 0.2) is 5.75 Å². The van der Waals surface area contributed by atoms with Gasteiger partial charge in [-0.3, -0.25) is 0 Å².